The maximum absolute atomic E-state index is 12.3. The summed E-state index contributed by atoms with van der Waals surface area (Å²) in [7, 11) is 0. The lowest BCUT2D eigenvalue weighted by Crippen LogP contribution is -2.50. The summed E-state index contributed by atoms with van der Waals surface area (Å²) in [6, 6.07) is 4.28. The number of piperazine rings is 1. The number of thiophene rings is 1. The van der Waals surface area contributed by atoms with Gasteiger partial charge < -0.3 is 10.2 Å². The standard InChI is InChI=1S/C15H25N3OS/c1-3-16-11-13(2)15(19)18-8-6-17(7-9-18)12-14-5-4-10-20-14/h4-5,10,13,16H,3,6-9,11-12H2,1-2H3. The van der Waals surface area contributed by atoms with Crippen LogP contribution in [0.4, 0.5) is 0 Å². The van der Waals surface area contributed by atoms with Gasteiger partial charge in [-0.05, 0) is 18.0 Å². The highest BCUT2D eigenvalue weighted by molar-refractivity contribution is 7.09. The minimum atomic E-state index is 0.0822. The van der Waals surface area contributed by atoms with Crippen molar-refractivity contribution in [2.75, 3.05) is 39.3 Å². The van der Waals surface area contributed by atoms with Gasteiger partial charge in [0.1, 0.15) is 0 Å². The van der Waals surface area contributed by atoms with Gasteiger partial charge in [-0.2, -0.15) is 0 Å². The Kier molecular flexibility index (Phi) is 6.01. The zero-order chi connectivity index (χ0) is 14.4. The van der Waals surface area contributed by atoms with Crippen LogP contribution in [0, 0.1) is 5.92 Å². The number of carbonyl (C=O) groups is 1. The van der Waals surface area contributed by atoms with Crippen molar-refractivity contribution < 1.29 is 4.79 Å². The lowest BCUT2D eigenvalue weighted by molar-refractivity contribution is -0.136. The van der Waals surface area contributed by atoms with Gasteiger partial charge in [-0.15, -0.1) is 11.3 Å². The molecule has 1 unspecified atom stereocenters. The van der Waals surface area contributed by atoms with Crippen LogP contribution < -0.4 is 5.32 Å². The molecule has 1 saturated heterocycles. The fourth-order valence-corrected chi connectivity index (χ4v) is 3.26. The SMILES string of the molecule is CCNCC(C)C(=O)N1CCN(Cc2cccs2)CC1. The van der Waals surface area contributed by atoms with Crippen molar-refractivity contribution in [2.24, 2.45) is 5.92 Å². The summed E-state index contributed by atoms with van der Waals surface area (Å²) in [5.41, 5.74) is 0. The smallest absolute Gasteiger partial charge is 0.226 e. The fourth-order valence-electron chi connectivity index (χ4n) is 2.51. The molecule has 112 valence electrons. The number of hydrogen-bond donors (Lipinski definition) is 1. The summed E-state index contributed by atoms with van der Waals surface area (Å²) in [4.78, 5) is 18.2. The second kappa shape index (κ2) is 7.76. The zero-order valence-corrected chi connectivity index (χ0v) is 13.3. The first-order chi connectivity index (χ1) is 9.70. The third-order valence-corrected chi connectivity index (χ3v) is 4.63. The number of amides is 1. The summed E-state index contributed by atoms with van der Waals surface area (Å²) in [5, 5.41) is 5.37. The van der Waals surface area contributed by atoms with Crippen LogP contribution in [0.2, 0.25) is 0 Å². The molecule has 1 aromatic heterocycles. The van der Waals surface area contributed by atoms with E-state index in [0.717, 1.165) is 45.8 Å². The Hall–Kier alpha value is -0.910. The van der Waals surface area contributed by atoms with Gasteiger partial charge >= 0.3 is 0 Å². The zero-order valence-electron chi connectivity index (χ0n) is 12.5. The van der Waals surface area contributed by atoms with Crippen LogP contribution >= 0.6 is 11.3 Å². The van der Waals surface area contributed by atoms with Gasteiger partial charge in [0.2, 0.25) is 5.91 Å². The van der Waals surface area contributed by atoms with Gasteiger partial charge in [-0.25, -0.2) is 0 Å². The molecule has 1 fully saturated rings. The van der Waals surface area contributed by atoms with E-state index >= 15 is 0 Å². The van der Waals surface area contributed by atoms with Gasteiger partial charge in [-0.1, -0.05) is 19.9 Å². The van der Waals surface area contributed by atoms with Gasteiger partial charge in [-0.3, -0.25) is 9.69 Å². The third kappa shape index (κ3) is 4.30. The van der Waals surface area contributed by atoms with Crippen LogP contribution in [0.5, 0.6) is 0 Å². The number of nitrogens with one attached hydrogen (secondary N) is 1. The van der Waals surface area contributed by atoms with Crippen molar-refractivity contribution in [2.45, 2.75) is 20.4 Å². The topological polar surface area (TPSA) is 35.6 Å². The highest BCUT2D eigenvalue weighted by Gasteiger charge is 2.24. The molecule has 2 heterocycles. The molecular formula is C15H25N3OS. The van der Waals surface area contributed by atoms with Crippen LogP contribution in [0.15, 0.2) is 17.5 Å². The van der Waals surface area contributed by atoms with Gasteiger partial charge in [0.15, 0.2) is 0 Å². The molecule has 0 bridgehead atoms. The minimum Gasteiger partial charge on any atom is -0.340 e. The summed E-state index contributed by atoms with van der Waals surface area (Å²) in [6.07, 6.45) is 0. The first-order valence-corrected chi connectivity index (χ1v) is 8.33. The minimum absolute atomic E-state index is 0.0822. The molecule has 1 atom stereocenters. The van der Waals surface area contributed by atoms with E-state index in [4.69, 9.17) is 0 Å². The molecule has 1 amide bonds. The largest absolute Gasteiger partial charge is 0.340 e. The molecule has 0 saturated carbocycles. The molecule has 0 spiro atoms. The van der Waals surface area contributed by atoms with Crippen molar-refractivity contribution >= 4 is 17.2 Å². The molecule has 0 radical (unpaired) electrons. The predicted molar refractivity (Wildman–Crippen MR) is 83.9 cm³/mol. The number of carbonyl (C=O) groups excluding carboxylic acids is 1. The van der Waals surface area contributed by atoms with E-state index in [2.05, 4.69) is 34.7 Å². The summed E-state index contributed by atoms with van der Waals surface area (Å²) in [5.74, 6) is 0.375. The first-order valence-electron chi connectivity index (χ1n) is 7.45. The lowest BCUT2D eigenvalue weighted by Gasteiger charge is -2.35. The Morgan fingerprint density at radius 2 is 2.15 bits per heavy atom. The Balaban J connectivity index is 1.74. The Morgan fingerprint density at radius 3 is 2.75 bits per heavy atom. The molecule has 5 heteroatoms. The fraction of sp³-hybridized carbons (Fsp3) is 0.667. The monoisotopic (exact) mass is 295 g/mol. The van der Waals surface area contributed by atoms with Crippen molar-refractivity contribution in [1.82, 2.24) is 15.1 Å². The third-order valence-electron chi connectivity index (χ3n) is 3.77. The van der Waals surface area contributed by atoms with E-state index in [0.29, 0.717) is 5.91 Å². The molecule has 1 aliphatic heterocycles. The number of hydrogen-bond acceptors (Lipinski definition) is 4. The average Bonchev–Trinajstić information content (AvgIpc) is 2.97. The summed E-state index contributed by atoms with van der Waals surface area (Å²) < 4.78 is 0. The molecule has 20 heavy (non-hydrogen) atoms. The van der Waals surface area contributed by atoms with Crippen molar-refractivity contribution in [3.8, 4) is 0 Å². The predicted octanol–water partition coefficient (Wildman–Crippen LogP) is 1.64. The molecular weight excluding hydrogens is 270 g/mol. The highest BCUT2D eigenvalue weighted by Crippen LogP contribution is 2.14. The van der Waals surface area contributed by atoms with Crippen molar-refractivity contribution in [3.63, 3.8) is 0 Å². The van der Waals surface area contributed by atoms with E-state index in [1.165, 1.54) is 4.88 Å². The lowest BCUT2D eigenvalue weighted by atomic mass is 10.1. The molecule has 1 N–H and O–H groups in total. The Bertz CT molecular complexity index is 399. The van der Waals surface area contributed by atoms with Crippen LogP contribution in [0.3, 0.4) is 0 Å². The molecule has 0 aliphatic carbocycles. The second-order valence-electron chi connectivity index (χ2n) is 5.39. The highest BCUT2D eigenvalue weighted by atomic mass is 32.1. The van der Waals surface area contributed by atoms with Crippen molar-refractivity contribution in [3.05, 3.63) is 22.4 Å². The van der Waals surface area contributed by atoms with Gasteiger partial charge in [0, 0.05) is 50.1 Å². The number of nitrogens with zero attached hydrogens (tertiary/aromatic N) is 2. The van der Waals surface area contributed by atoms with E-state index in [1.807, 2.05) is 23.2 Å². The Morgan fingerprint density at radius 1 is 1.40 bits per heavy atom. The molecule has 1 aromatic rings. The maximum atomic E-state index is 12.3. The molecule has 4 nitrogen and oxygen atoms in total. The van der Waals surface area contributed by atoms with Crippen molar-refractivity contribution in [1.29, 1.82) is 0 Å². The molecule has 2 rings (SSSR count). The Labute approximate surface area is 125 Å². The van der Waals surface area contributed by atoms with E-state index in [-0.39, 0.29) is 5.92 Å². The van der Waals surface area contributed by atoms with Gasteiger partial charge in [0.25, 0.3) is 0 Å². The van der Waals surface area contributed by atoms with Crippen LogP contribution in [-0.2, 0) is 11.3 Å². The first kappa shape index (κ1) is 15.5. The van der Waals surface area contributed by atoms with Gasteiger partial charge in [0.05, 0.1) is 0 Å². The van der Waals surface area contributed by atoms with Crippen LogP contribution in [0.1, 0.15) is 18.7 Å². The normalized spacial score (nSPS) is 18.2. The quantitative estimate of drug-likeness (QED) is 0.866. The molecule has 1 aliphatic rings. The molecule has 0 aromatic carbocycles. The summed E-state index contributed by atoms with van der Waals surface area (Å²) in [6.45, 7) is 10.5. The van der Waals surface area contributed by atoms with E-state index in [9.17, 15) is 4.79 Å². The van der Waals surface area contributed by atoms with E-state index < -0.39 is 0 Å². The second-order valence-corrected chi connectivity index (χ2v) is 6.42. The van der Waals surface area contributed by atoms with Crippen LogP contribution in [0.25, 0.3) is 0 Å². The number of rotatable bonds is 6. The maximum Gasteiger partial charge on any atom is 0.226 e. The summed E-state index contributed by atoms with van der Waals surface area (Å²) >= 11 is 1.81. The average molecular weight is 295 g/mol. The van der Waals surface area contributed by atoms with E-state index in [1.54, 1.807) is 0 Å². The van der Waals surface area contributed by atoms with Crippen LogP contribution in [-0.4, -0.2) is 55.0 Å².